The van der Waals surface area contributed by atoms with Crippen LogP contribution in [0, 0.1) is 0 Å². The maximum Gasteiger partial charge on any atom is 0.0106 e. The molecular formula is C7H20N2. The Kier molecular flexibility index (Phi) is 4.72. The quantitative estimate of drug-likeness (QED) is 0.557. The lowest BCUT2D eigenvalue weighted by molar-refractivity contribution is 0.292. The van der Waals surface area contributed by atoms with Crippen molar-refractivity contribution in [1.29, 1.82) is 0 Å². The zero-order chi connectivity index (χ0) is 7.28. The number of rotatable bonds is 4. The molecule has 0 unspecified atom stereocenters. The van der Waals surface area contributed by atoms with Crippen molar-refractivity contribution < 1.29 is 1.43 Å². The highest BCUT2D eigenvalue weighted by molar-refractivity contribution is 4.49. The Labute approximate surface area is 59.9 Å². The van der Waals surface area contributed by atoms with E-state index in [0.717, 1.165) is 13.1 Å². The van der Waals surface area contributed by atoms with Crippen LogP contribution >= 0.6 is 0 Å². The van der Waals surface area contributed by atoms with E-state index in [1.165, 1.54) is 6.54 Å². The fourth-order valence-electron chi connectivity index (χ4n) is 0.529. The minimum absolute atomic E-state index is 0. The van der Waals surface area contributed by atoms with Crippen LogP contribution in [0.2, 0.25) is 0 Å². The lowest BCUT2D eigenvalue weighted by atomic mass is 10.5. The predicted octanol–water partition coefficient (Wildman–Crippen LogP) is 0.746. The standard InChI is InChI=1S/C7H18N2.H2/c1-5-9(4)7-6-8(2)3;/h5-7H2,1-4H3;1H. The molecule has 0 amide bonds. The molecule has 58 valence electrons. The highest BCUT2D eigenvalue weighted by Crippen LogP contribution is 1.81. The van der Waals surface area contributed by atoms with Crippen molar-refractivity contribution in [2.75, 3.05) is 40.8 Å². The summed E-state index contributed by atoms with van der Waals surface area (Å²) in [5.41, 5.74) is 0. The summed E-state index contributed by atoms with van der Waals surface area (Å²) in [6.45, 7) is 5.65. The van der Waals surface area contributed by atoms with E-state index < -0.39 is 0 Å². The molecule has 0 atom stereocenters. The molecule has 0 aliphatic rings. The van der Waals surface area contributed by atoms with Gasteiger partial charge in [0.05, 0.1) is 0 Å². The average molecular weight is 132 g/mol. The molecule has 2 nitrogen and oxygen atoms in total. The predicted molar refractivity (Wildman–Crippen MR) is 43.8 cm³/mol. The Bertz CT molecular complexity index is 66.6. The third kappa shape index (κ3) is 5.80. The highest BCUT2D eigenvalue weighted by atomic mass is 15.1. The first kappa shape index (κ1) is 8.92. The summed E-state index contributed by atoms with van der Waals surface area (Å²) in [7, 11) is 6.34. The van der Waals surface area contributed by atoms with Gasteiger partial charge < -0.3 is 9.80 Å². The molecule has 0 N–H and O–H groups in total. The summed E-state index contributed by atoms with van der Waals surface area (Å²) >= 11 is 0. The molecule has 0 radical (unpaired) electrons. The van der Waals surface area contributed by atoms with Gasteiger partial charge in [0.1, 0.15) is 0 Å². The van der Waals surface area contributed by atoms with Crippen LogP contribution in [0.3, 0.4) is 0 Å². The molecule has 0 aromatic heterocycles. The molecule has 0 aliphatic carbocycles. The van der Waals surface area contributed by atoms with Crippen molar-refractivity contribution in [1.82, 2.24) is 9.80 Å². The molecule has 2 heteroatoms. The van der Waals surface area contributed by atoms with Crippen molar-refractivity contribution in [3.05, 3.63) is 0 Å². The zero-order valence-corrected chi connectivity index (χ0v) is 7.02. The van der Waals surface area contributed by atoms with E-state index >= 15 is 0 Å². The van der Waals surface area contributed by atoms with Gasteiger partial charge in [0.15, 0.2) is 0 Å². The Morgan fingerprint density at radius 3 is 2.00 bits per heavy atom. The van der Waals surface area contributed by atoms with E-state index in [1.807, 2.05) is 0 Å². The summed E-state index contributed by atoms with van der Waals surface area (Å²) in [4.78, 5) is 4.51. The van der Waals surface area contributed by atoms with Crippen LogP contribution in [0.25, 0.3) is 0 Å². The molecule has 0 aromatic rings. The van der Waals surface area contributed by atoms with Crippen LogP contribution in [0.1, 0.15) is 8.35 Å². The monoisotopic (exact) mass is 132 g/mol. The fourth-order valence-corrected chi connectivity index (χ4v) is 0.529. The molecule has 9 heavy (non-hydrogen) atoms. The van der Waals surface area contributed by atoms with Gasteiger partial charge in [-0.15, -0.1) is 0 Å². The molecule has 0 rings (SSSR count). The van der Waals surface area contributed by atoms with Gasteiger partial charge in [-0.05, 0) is 27.7 Å². The lowest BCUT2D eigenvalue weighted by Gasteiger charge is -2.16. The maximum absolute atomic E-state index is 2.31. The second-order valence-electron chi connectivity index (χ2n) is 2.70. The summed E-state index contributed by atoms with van der Waals surface area (Å²) in [5.74, 6) is 0. The van der Waals surface area contributed by atoms with Gasteiger partial charge in [0.2, 0.25) is 0 Å². The van der Waals surface area contributed by atoms with Gasteiger partial charge >= 0.3 is 0 Å². The smallest absolute Gasteiger partial charge is 0.0106 e. The Balaban J connectivity index is 0. The van der Waals surface area contributed by atoms with E-state index in [2.05, 4.69) is 37.9 Å². The molecule has 0 spiro atoms. The van der Waals surface area contributed by atoms with E-state index in [4.69, 9.17) is 0 Å². The van der Waals surface area contributed by atoms with E-state index in [9.17, 15) is 0 Å². The van der Waals surface area contributed by atoms with Crippen LogP contribution in [0.15, 0.2) is 0 Å². The summed E-state index contributed by atoms with van der Waals surface area (Å²) in [6.07, 6.45) is 0. The largest absolute Gasteiger partial charge is 0.308 e. The van der Waals surface area contributed by atoms with E-state index in [-0.39, 0.29) is 1.43 Å². The molecule has 0 aromatic carbocycles. The van der Waals surface area contributed by atoms with Crippen molar-refractivity contribution >= 4 is 0 Å². The zero-order valence-electron chi connectivity index (χ0n) is 7.02. The SMILES string of the molecule is CCN(C)CCN(C)C.[HH]. The topological polar surface area (TPSA) is 6.48 Å². The molecule has 0 saturated heterocycles. The maximum atomic E-state index is 2.31. The minimum atomic E-state index is 0. The summed E-state index contributed by atoms with van der Waals surface area (Å²) in [6, 6.07) is 0. The number of nitrogens with zero attached hydrogens (tertiary/aromatic N) is 2. The molecule has 0 saturated carbocycles. The normalized spacial score (nSPS) is 11.3. The van der Waals surface area contributed by atoms with Crippen LogP contribution in [-0.2, 0) is 0 Å². The molecule has 0 bridgehead atoms. The second kappa shape index (κ2) is 4.77. The number of hydrogen-bond acceptors (Lipinski definition) is 2. The van der Waals surface area contributed by atoms with Crippen LogP contribution < -0.4 is 0 Å². The second-order valence-corrected chi connectivity index (χ2v) is 2.70. The van der Waals surface area contributed by atoms with Crippen LogP contribution in [-0.4, -0.2) is 50.6 Å². The van der Waals surface area contributed by atoms with Crippen molar-refractivity contribution in [3.63, 3.8) is 0 Å². The van der Waals surface area contributed by atoms with Crippen molar-refractivity contribution in [2.24, 2.45) is 0 Å². The van der Waals surface area contributed by atoms with Gasteiger partial charge in [-0.2, -0.15) is 0 Å². The van der Waals surface area contributed by atoms with Crippen molar-refractivity contribution in [3.8, 4) is 0 Å². The fraction of sp³-hybridized carbons (Fsp3) is 1.00. The number of likely N-dealkylation sites (N-methyl/N-ethyl adjacent to an activating group) is 2. The summed E-state index contributed by atoms with van der Waals surface area (Å²) < 4.78 is 0. The average Bonchev–Trinajstić information content (AvgIpc) is 1.83. The highest BCUT2D eigenvalue weighted by Gasteiger charge is 1.93. The third-order valence-corrected chi connectivity index (χ3v) is 1.47. The Morgan fingerprint density at radius 1 is 1.11 bits per heavy atom. The number of hydrogen-bond donors (Lipinski definition) is 0. The first-order valence-corrected chi connectivity index (χ1v) is 3.50. The van der Waals surface area contributed by atoms with Crippen molar-refractivity contribution in [2.45, 2.75) is 6.92 Å². The van der Waals surface area contributed by atoms with Gasteiger partial charge in [-0.3, -0.25) is 0 Å². The van der Waals surface area contributed by atoms with Gasteiger partial charge in [-0.1, -0.05) is 6.92 Å². The van der Waals surface area contributed by atoms with Crippen LogP contribution in [0.4, 0.5) is 0 Å². The van der Waals surface area contributed by atoms with E-state index in [1.54, 1.807) is 0 Å². The molecule has 0 heterocycles. The van der Waals surface area contributed by atoms with E-state index in [0.29, 0.717) is 0 Å². The summed E-state index contributed by atoms with van der Waals surface area (Å²) in [5, 5.41) is 0. The molecular weight excluding hydrogens is 112 g/mol. The van der Waals surface area contributed by atoms with Crippen LogP contribution in [0.5, 0.6) is 0 Å². The van der Waals surface area contributed by atoms with Gasteiger partial charge in [0, 0.05) is 14.5 Å². The first-order chi connectivity index (χ1) is 4.16. The Morgan fingerprint density at radius 2 is 1.67 bits per heavy atom. The first-order valence-electron chi connectivity index (χ1n) is 3.50. The Hall–Kier alpha value is -0.0800. The lowest BCUT2D eigenvalue weighted by Crippen LogP contribution is -2.28. The molecule has 0 aliphatic heterocycles. The van der Waals surface area contributed by atoms with Gasteiger partial charge in [-0.25, -0.2) is 0 Å². The minimum Gasteiger partial charge on any atom is -0.308 e. The third-order valence-electron chi connectivity index (χ3n) is 1.47. The van der Waals surface area contributed by atoms with Gasteiger partial charge in [0.25, 0.3) is 0 Å². The molecule has 0 fully saturated rings.